The molecule has 4 aromatic carbocycles. The Morgan fingerprint density at radius 2 is 0.917 bits per heavy atom. The highest BCUT2D eigenvalue weighted by atomic mass is 16.3. The van der Waals surface area contributed by atoms with Crippen LogP contribution in [0.25, 0.3) is 0 Å². The summed E-state index contributed by atoms with van der Waals surface area (Å²) < 4.78 is 0. The van der Waals surface area contributed by atoms with E-state index in [0.29, 0.717) is 24.9 Å². The van der Waals surface area contributed by atoms with Crippen LogP contribution < -0.4 is 0 Å². The standard InChI is InChI=1S/2C25H33NO2.2C2H6/c2*1-18-9-8-12-22(15-18)25(4)13-14-26(16-19(25)2)17-23(20(3)27)24(28)21-10-6-5-7-11-21;2*1-2/h2*5-12,15,19,23-24,28H,13-14,16-17H2,1-4H3;2*1-2H3/t19-,23?,24-,25+;19-,23-,24-,25+;;/m00../s1. The Morgan fingerprint density at radius 3 is 1.20 bits per heavy atom. The summed E-state index contributed by atoms with van der Waals surface area (Å²) in [4.78, 5) is 29.4. The SMILES string of the molecule is CC.CC.CC(=O)C(CN1CC[C@@](C)(c2cccc(C)c2)[C@@H](C)C1)[C@@H](O)c1ccccc1.CC(=O)[C@H](CN1CC[C@@](C)(c2cccc(C)c2)[C@@H](C)C1)[C@@H](O)c1ccccc1. The number of hydrogen-bond acceptors (Lipinski definition) is 6. The number of ketones is 2. The average Bonchev–Trinajstić information content (AvgIpc) is 3.26. The fraction of sp³-hybridized carbons (Fsp3) is 0.519. The minimum Gasteiger partial charge on any atom is -0.388 e. The van der Waals surface area contributed by atoms with Gasteiger partial charge in [0.25, 0.3) is 0 Å². The van der Waals surface area contributed by atoms with Crippen molar-refractivity contribution in [1.82, 2.24) is 9.80 Å². The summed E-state index contributed by atoms with van der Waals surface area (Å²) in [5.41, 5.74) is 7.35. The van der Waals surface area contributed by atoms with Crippen LogP contribution in [0.5, 0.6) is 0 Å². The predicted molar refractivity (Wildman–Crippen MR) is 251 cm³/mol. The minimum absolute atomic E-state index is 0.0519. The van der Waals surface area contributed by atoms with Crippen LogP contribution in [0.3, 0.4) is 0 Å². The molecule has 60 heavy (non-hydrogen) atoms. The first-order valence-electron chi connectivity index (χ1n) is 22.7. The van der Waals surface area contributed by atoms with Crippen LogP contribution in [0, 0.1) is 37.5 Å². The van der Waals surface area contributed by atoms with Gasteiger partial charge in [-0.2, -0.15) is 0 Å². The molecule has 2 fully saturated rings. The molecule has 2 aliphatic rings. The number of aliphatic hydroxyl groups excluding tert-OH is 2. The van der Waals surface area contributed by atoms with Gasteiger partial charge in [0.15, 0.2) is 0 Å². The van der Waals surface area contributed by atoms with E-state index in [1.165, 1.54) is 22.3 Å². The zero-order chi connectivity index (χ0) is 44.6. The maximum absolute atomic E-state index is 12.3. The minimum atomic E-state index is -0.751. The maximum Gasteiger partial charge on any atom is 0.137 e. The third-order valence-electron chi connectivity index (χ3n) is 13.5. The number of aliphatic hydroxyl groups is 2. The van der Waals surface area contributed by atoms with Crippen LogP contribution in [0.4, 0.5) is 0 Å². The number of likely N-dealkylation sites (tertiary alicyclic amines) is 2. The fourth-order valence-electron chi connectivity index (χ4n) is 9.05. The molecule has 4 aromatic rings. The van der Waals surface area contributed by atoms with Crippen molar-refractivity contribution in [2.45, 2.75) is 119 Å². The normalized spacial score (nSPS) is 23.8. The number of carbonyl (C=O) groups is 2. The summed E-state index contributed by atoms with van der Waals surface area (Å²) in [6.07, 6.45) is 0.617. The summed E-state index contributed by atoms with van der Waals surface area (Å²) in [5.74, 6) is 0.275. The largest absolute Gasteiger partial charge is 0.388 e. The summed E-state index contributed by atoms with van der Waals surface area (Å²) in [5, 5.41) is 21.6. The third-order valence-corrected chi connectivity index (χ3v) is 13.5. The van der Waals surface area contributed by atoms with Gasteiger partial charge in [-0.15, -0.1) is 0 Å². The Hall–Kier alpha value is -3.94. The smallest absolute Gasteiger partial charge is 0.137 e. The molecule has 328 valence electrons. The molecule has 0 aliphatic carbocycles. The molecule has 0 saturated carbocycles. The van der Waals surface area contributed by atoms with Crippen LogP contribution in [-0.4, -0.2) is 70.8 Å². The number of hydrogen-bond donors (Lipinski definition) is 2. The number of carbonyl (C=O) groups excluding carboxylic acids is 2. The summed E-state index contributed by atoms with van der Waals surface area (Å²) >= 11 is 0. The van der Waals surface area contributed by atoms with Crippen LogP contribution in [0.2, 0.25) is 0 Å². The lowest BCUT2D eigenvalue weighted by Gasteiger charge is -2.46. The van der Waals surface area contributed by atoms with E-state index in [4.69, 9.17) is 0 Å². The zero-order valence-corrected chi connectivity index (χ0v) is 39.1. The van der Waals surface area contributed by atoms with Crippen molar-refractivity contribution < 1.29 is 19.8 Å². The molecule has 0 spiro atoms. The number of aryl methyl sites for hydroxylation is 2. The van der Waals surface area contributed by atoms with Gasteiger partial charge in [0.05, 0.1) is 24.0 Å². The second-order valence-corrected chi connectivity index (χ2v) is 17.5. The summed E-state index contributed by atoms with van der Waals surface area (Å²) in [7, 11) is 0. The molecule has 2 saturated heterocycles. The average molecular weight is 819 g/mol. The monoisotopic (exact) mass is 819 g/mol. The lowest BCUT2D eigenvalue weighted by Crippen LogP contribution is -2.49. The van der Waals surface area contributed by atoms with Crippen LogP contribution in [-0.2, 0) is 20.4 Å². The second-order valence-electron chi connectivity index (χ2n) is 17.5. The molecule has 0 bridgehead atoms. The number of Topliss-reactive ketones (excluding diaryl/α,β-unsaturated/α-hetero) is 2. The van der Waals surface area contributed by atoms with E-state index in [-0.39, 0.29) is 22.4 Å². The lowest BCUT2D eigenvalue weighted by atomic mass is 9.67. The van der Waals surface area contributed by atoms with E-state index in [0.717, 1.165) is 50.1 Å². The molecule has 0 amide bonds. The van der Waals surface area contributed by atoms with Crippen LogP contribution in [0.1, 0.15) is 128 Å². The fourth-order valence-corrected chi connectivity index (χ4v) is 9.05. The van der Waals surface area contributed by atoms with Crippen molar-refractivity contribution in [3.05, 3.63) is 143 Å². The Balaban J connectivity index is 0.000000296. The van der Waals surface area contributed by atoms with Crippen LogP contribution >= 0.6 is 0 Å². The molecule has 1 unspecified atom stereocenters. The number of piperidine rings is 2. The van der Waals surface area contributed by atoms with Gasteiger partial charge in [-0.25, -0.2) is 0 Å². The maximum atomic E-state index is 12.3. The van der Waals surface area contributed by atoms with E-state index in [1.807, 2.05) is 88.4 Å². The first-order chi connectivity index (χ1) is 28.6. The van der Waals surface area contributed by atoms with Gasteiger partial charge in [0.2, 0.25) is 0 Å². The van der Waals surface area contributed by atoms with Gasteiger partial charge < -0.3 is 20.0 Å². The van der Waals surface area contributed by atoms with Crippen molar-refractivity contribution in [1.29, 1.82) is 0 Å². The molecule has 8 atom stereocenters. The van der Waals surface area contributed by atoms with Crippen molar-refractivity contribution in [2.75, 3.05) is 39.3 Å². The summed E-state index contributed by atoms with van der Waals surface area (Å²) in [6, 6.07) is 36.8. The molecule has 2 heterocycles. The van der Waals surface area contributed by atoms with Gasteiger partial charge in [-0.05, 0) is 98.5 Å². The molecule has 6 nitrogen and oxygen atoms in total. The van der Waals surface area contributed by atoms with E-state index >= 15 is 0 Å². The Morgan fingerprint density at radius 1 is 0.583 bits per heavy atom. The number of benzene rings is 4. The zero-order valence-electron chi connectivity index (χ0n) is 39.1. The number of nitrogens with zero attached hydrogens (tertiary/aromatic N) is 2. The molecular weight excluding hydrogens is 741 g/mol. The van der Waals surface area contributed by atoms with Gasteiger partial charge in [0, 0.05) is 26.2 Å². The van der Waals surface area contributed by atoms with Gasteiger partial charge in [0.1, 0.15) is 11.6 Å². The molecule has 2 N–H and O–H groups in total. The first kappa shape index (κ1) is 50.4. The second kappa shape index (κ2) is 23.9. The van der Waals surface area contributed by atoms with E-state index < -0.39 is 24.0 Å². The first-order valence-corrected chi connectivity index (χ1v) is 22.7. The van der Waals surface area contributed by atoms with E-state index in [2.05, 4.69) is 99.9 Å². The number of rotatable bonds is 12. The Labute approximate surface area is 364 Å². The molecule has 6 heteroatoms. The molecule has 2 aliphatic heterocycles. The lowest BCUT2D eigenvalue weighted by molar-refractivity contribution is -0.126. The van der Waals surface area contributed by atoms with E-state index in [9.17, 15) is 19.8 Å². The van der Waals surface area contributed by atoms with Gasteiger partial charge >= 0.3 is 0 Å². The third kappa shape index (κ3) is 13.0. The van der Waals surface area contributed by atoms with E-state index in [1.54, 1.807) is 13.8 Å². The van der Waals surface area contributed by atoms with Gasteiger partial charge in [-0.3, -0.25) is 9.59 Å². The predicted octanol–water partition coefficient (Wildman–Crippen LogP) is 11.1. The Kier molecular flexibility index (Phi) is 20.1. The summed E-state index contributed by atoms with van der Waals surface area (Å²) in [6.45, 7) is 29.8. The Bertz CT molecular complexity index is 1740. The van der Waals surface area contributed by atoms with Crippen molar-refractivity contribution in [3.8, 4) is 0 Å². The molecular formula is C54H78N2O4. The highest BCUT2D eigenvalue weighted by Gasteiger charge is 2.41. The quantitative estimate of drug-likeness (QED) is 0.148. The topological polar surface area (TPSA) is 81.1 Å². The molecule has 0 aromatic heterocycles. The van der Waals surface area contributed by atoms with Gasteiger partial charge in [-0.1, -0.05) is 176 Å². The highest BCUT2D eigenvalue weighted by molar-refractivity contribution is 5.79. The molecule has 6 rings (SSSR count). The van der Waals surface area contributed by atoms with Crippen molar-refractivity contribution >= 4 is 11.6 Å². The van der Waals surface area contributed by atoms with Crippen molar-refractivity contribution in [2.24, 2.45) is 23.7 Å². The molecule has 0 radical (unpaired) electrons. The van der Waals surface area contributed by atoms with Crippen molar-refractivity contribution in [3.63, 3.8) is 0 Å². The van der Waals surface area contributed by atoms with Crippen LogP contribution in [0.15, 0.2) is 109 Å². The highest BCUT2D eigenvalue weighted by Crippen LogP contribution is 2.41.